The smallest absolute Gasteiger partial charge is 0.417 e. The Kier molecular flexibility index (Phi) is 6.94. The van der Waals surface area contributed by atoms with Gasteiger partial charge in [-0.1, -0.05) is 0 Å². The first-order chi connectivity index (χ1) is 17.0. The third-order valence-electron chi connectivity index (χ3n) is 5.98. The van der Waals surface area contributed by atoms with Crippen molar-refractivity contribution in [3.8, 4) is 22.8 Å². The van der Waals surface area contributed by atoms with Crippen LogP contribution < -0.4 is 9.64 Å². The number of hydrogen-bond acceptors (Lipinski definition) is 6. The van der Waals surface area contributed by atoms with Gasteiger partial charge in [0.05, 0.1) is 29.2 Å². The summed E-state index contributed by atoms with van der Waals surface area (Å²) in [7, 11) is -2.64. The second-order valence-corrected chi connectivity index (χ2v) is 10.0. The number of amides is 1. The van der Waals surface area contributed by atoms with Crippen molar-refractivity contribution in [1.82, 2.24) is 14.8 Å². The number of anilines is 1. The molecule has 36 heavy (non-hydrogen) atoms. The van der Waals surface area contributed by atoms with Gasteiger partial charge < -0.3 is 9.84 Å². The number of carbonyl (C=O) groups is 1. The number of carboxylic acid groups (broad SMARTS) is 1. The van der Waals surface area contributed by atoms with Crippen LogP contribution in [0.15, 0.2) is 42.9 Å². The number of alkyl halides is 3. The van der Waals surface area contributed by atoms with Crippen LogP contribution in [0.3, 0.4) is 0 Å². The lowest BCUT2D eigenvalue weighted by Crippen LogP contribution is -2.41. The molecule has 1 N–H and O–H groups in total. The Balaban J connectivity index is 1.79. The molecular formula is C23H23F3N4O5S. The van der Waals surface area contributed by atoms with E-state index in [9.17, 15) is 31.5 Å². The average molecular weight is 525 g/mol. The number of benzene rings is 1. The predicted octanol–water partition coefficient (Wildman–Crippen LogP) is 4.58. The van der Waals surface area contributed by atoms with Crippen LogP contribution in [0.5, 0.6) is 11.6 Å². The minimum atomic E-state index is -4.55. The summed E-state index contributed by atoms with van der Waals surface area (Å²) in [5, 5.41) is 13.3. The van der Waals surface area contributed by atoms with Crippen LogP contribution in [-0.2, 0) is 29.8 Å². The molecule has 2 aromatic heterocycles. The largest absolute Gasteiger partial charge is 0.465 e. The maximum Gasteiger partial charge on any atom is 0.417 e. The molecule has 0 aliphatic carbocycles. The Labute approximate surface area is 206 Å². The van der Waals surface area contributed by atoms with E-state index in [1.165, 1.54) is 15.8 Å². The summed E-state index contributed by atoms with van der Waals surface area (Å²) in [6.07, 6.45) is -0.910. The molecule has 1 aliphatic rings. The zero-order valence-corrected chi connectivity index (χ0v) is 20.2. The van der Waals surface area contributed by atoms with Crippen LogP contribution >= 0.6 is 0 Å². The highest BCUT2D eigenvalue weighted by Gasteiger charge is 2.33. The van der Waals surface area contributed by atoms with Crippen molar-refractivity contribution < 1.29 is 36.2 Å². The number of pyridine rings is 1. The van der Waals surface area contributed by atoms with E-state index < -0.39 is 33.8 Å². The van der Waals surface area contributed by atoms with Crippen LogP contribution in [0, 0.1) is 0 Å². The molecule has 3 aromatic rings. The Bertz CT molecular complexity index is 1350. The van der Waals surface area contributed by atoms with Crippen LogP contribution in [0.1, 0.15) is 31.4 Å². The molecule has 192 valence electrons. The maximum atomic E-state index is 13.0. The SMILES string of the molecule is CC(Cn1cc(-c2ccc3c(c2Oc2ccc(C(F)(F)F)cn2)CC[C@H](C)N3C(=O)O)cn1)[SH](=O)=O. The molecule has 0 saturated heterocycles. The summed E-state index contributed by atoms with van der Waals surface area (Å²) in [6, 6.07) is 4.96. The van der Waals surface area contributed by atoms with Crippen molar-refractivity contribution in [2.75, 3.05) is 4.90 Å². The fourth-order valence-electron chi connectivity index (χ4n) is 4.09. The van der Waals surface area contributed by atoms with Crippen LogP contribution in [0.2, 0.25) is 0 Å². The Morgan fingerprint density at radius 3 is 2.61 bits per heavy atom. The van der Waals surface area contributed by atoms with E-state index in [0.29, 0.717) is 41.4 Å². The van der Waals surface area contributed by atoms with E-state index >= 15 is 0 Å². The van der Waals surface area contributed by atoms with Crippen molar-refractivity contribution in [2.45, 2.75) is 50.7 Å². The molecule has 0 bridgehead atoms. The summed E-state index contributed by atoms with van der Waals surface area (Å²) in [6.45, 7) is 3.47. The lowest BCUT2D eigenvalue weighted by atomic mass is 9.92. The number of halogens is 3. The molecule has 1 amide bonds. The Morgan fingerprint density at radius 1 is 1.25 bits per heavy atom. The highest BCUT2D eigenvalue weighted by Crippen LogP contribution is 2.44. The van der Waals surface area contributed by atoms with Gasteiger partial charge in [0.1, 0.15) is 16.5 Å². The number of thiol groups is 1. The van der Waals surface area contributed by atoms with Crippen LogP contribution in [0.25, 0.3) is 11.1 Å². The highest BCUT2D eigenvalue weighted by molar-refractivity contribution is 7.73. The van der Waals surface area contributed by atoms with Crippen molar-refractivity contribution >= 4 is 22.5 Å². The minimum absolute atomic E-state index is 0.0949. The van der Waals surface area contributed by atoms with Crippen molar-refractivity contribution in [3.63, 3.8) is 0 Å². The fraction of sp³-hybridized carbons (Fsp3) is 0.348. The molecule has 9 nitrogen and oxygen atoms in total. The van der Waals surface area contributed by atoms with Gasteiger partial charge in [-0.3, -0.25) is 9.58 Å². The summed E-state index contributed by atoms with van der Waals surface area (Å²) in [5.41, 5.74) is 1.13. The molecule has 0 spiro atoms. The molecular weight excluding hydrogens is 501 g/mol. The van der Waals surface area contributed by atoms with Crippen LogP contribution in [-0.4, -0.2) is 45.7 Å². The second kappa shape index (κ2) is 9.80. The quantitative estimate of drug-likeness (QED) is 0.454. The molecule has 2 atom stereocenters. The lowest BCUT2D eigenvalue weighted by Gasteiger charge is -2.34. The Morgan fingerprint density at radius 2 is 2.00 bits per heavy atom. The summed E-state index contributed by atoms with van der Waals surface area (Å²) in [4.78, 5) is 17.0. The first-order valence-corrected chi connectivity index (χ1v) is 12.3. The fourth-order valence-corrected chi connectivity index (χ4v) is 4.39. The first kappa shape index (κ1) is 25.5. The topological polar surface area (TPSA) is 115 Å². The number of rotatable bonds is 6. The average Bonchev–Trinajstić information content (AvgIpc) is 3.26. The number of aromatic nitrogens is 3. The molecule has 0 fully saturated rings. The van der Waals surface area contributed by atoms with E-state index in [0.717, 1.165) is 12.1 Å². The molecule has 0 radical (unpaired) electrons. The number of fused-ring (bicyclic) bond motifs is 1. The van der Waals surface area contributed by atoms with Gasteiger partial charge >= 0.3 is 12.3 Å². The van der Waals surface area contributed by atoms with Gasteiger partial charge in [-0.05, 0) is 44.9 Å². The molecule has 1 aliphatic heterocycles. The summed E-state index contributed by atoms with van der Waals surface area (Å²) in [5.74, 6) is 0.155. The summed E-state index contributed by atoms with van der Waals surface area (Å²) < 4.78 is 68.8. The zero-order valence-electron chi connectivity index (χ0n) is 19.3. The molecule has 4 rings (SSSR count). The summed E-state index contributed by atoms with van der Waals surface area (Å²) >= 11 is 0. The van der Waals surface area contributed by atoms with Gasteiger partial charge in [0, 0.05) is 41.2 Å². The Hall–Kier alpha value is -3.61. The van der Waals surface area contributed by atoms with Crippen molar-refractivity contribution in [2.24, 2.45) is 0 Å². The van der Waals surface area contributed by atoms with Gasteiger partial charge in [-0.25, -0.2) is 18.2 Å². The number of ether oxygens (including phenoxy) is 1. The van der Waals surface area contributed by atoms with E-state index in [2.05, 4.69) is 10.1 Å². The van der Waals surface area contributed by atoms with Gasteiger partial charge in [-0.15, -0.1) is 0 Å². The van der Waals surface area contributed by atoms with Crippen LogP contribution in [0.4, 0.5) is 23.7 Å². The van der Waals surface area contributed by atoms with E-state index in [1.54, 1.807) is 32.2 Å². The van der Waals surface area contributed by atoms with Gasteiger partial charge in [0.15, 0.2) is 0 Å². The number of nitrogens with zero attached hydrogens (tertiary/aromatic N) is 4. The zero-order chi connectivity index (χ0) is 26.2. The second-order valence-electron chi connectivity index (χ2n) is 8.55. The van der Waals surface area contributed by atoms with Crippen molar-refractivity contribution in [3.05, 3.63) is 54.0 Å². The highest BCUT2D eigenvalue weighted by atomic mass is 32.2. The van der Waals surface area contributed by atoms with Gasteiger partial charge in [-0.2, -0.15) is 18.3 Å². The molecule has 13 heteroatoms. The van der Waals surface area contributed by atoms with E-state index in [-0.39, 0.29) is 24.2 Å². The normalized spacial score (nSPS) is 16.6. The number of hydrogen-bond donors (Lipinski definition) is 2. The first-order valence-electron chi connectivity index (χ1n) is 11.0. The third-order valence-corrected chi connectivity index (χ3v) is 6.86. The predicted molar refractivity (Wildman–Crippen MR) is 125 cm³/mol. The molecule has 1 aromatic carbocycles. The van der Waals surface area contributed by atoms with E-state index in [1.807, 2.05) is 0 Å². The maximum absolute atomic E-state index is 13.0. The minimum Gasteiger partial charge on any atom is -0.465 e. The molecule has 3 heterocycles. The van der Waals surface area contributed by atoms with Crippen molar-refractivity contribution in [1.29, 1.82) is 0 Å². The molecule has 0 saturated carbocycles. The monoisotopic (exact) mass is 524 g/mol. The van der Waals surface area contributed by atoms with E-state index in [4.69, 9.17) is 4.74 Å². The standard InChI is InChI=1S/C23H23F3N4O5S/c1-13-3-5-18-19(30(13)22(31)32)7-6-17(15-9-28-29(12-15)11-14(2)36(33)34)21(18)35-20-8-4-16(10-27-20)23(24,25)26/h4,6-10,12-14,36H,3,5,11H2,1-2H3,(H,31,32)/t13-,14?/m0/s1. The van der Waals surface area contributed by atoms with Gasteiger partial charge in [0.2, 0.25) is 5.88 Å². The lowest BCUT2D eigenvalue weighted by molar-refractivity contribution is -0.137. The molecule has 1 unspecified atom stereocenters. The van der Waals surface area contributed by atoms with Gasteiger partial charge in [0.25, 0.3) is 0 Å². The third kappa shape index (κ3) is 5.15.